The zero-order valence-corrected chi connectivity index (χ0v) is 15.1. The van der Waals surface area contributed by atoms with E-state index in [0.717, 1.165) is 0 Å². The lowest BCUT2D eigenvalue weighted by Crippen LogP contribution is -2.18. The smallest absolute Gasteiger partial charge is 0.234 e. The van der Waals surface area contributed by atoms with Crippen molar-refractivity contribution in [2.24, 2.45) is 5.92 Å². The van der Waals surface area contributed by atoms with E-state index in [9.17, 15) is 9.59 Å². The van der Waals surface area contributed by atoms with E-state index in [1.165, 1.54) is 11.8 Å². The number of rotatable bonds is 6. The van der Waals surface area contributed by atoms with Crippen LogP contribution in [-0.4, -0.2) is 34.6 Å². The molecule has 2 N–H and O–H groups in total. The van der Waals surface area contributed by atoms with Crippen LogP contribution in [0.2, 0.25) is 0 Å². The van der Waals surface area contributed by atoms with Gasteiger partial charge in [-0.05, 0) is 24.3 Å². The number of hydrogen-bond donors (Lipinski definition) is 2. The third kappa shape index (κ3) is 4.63. The van der Waals surface area contributed by atoms with Crippen molar-refractivity contribution in [1.29, 1.82) is 0 Å². The highest BCUT2D eigenvalue weighted by Gasteiger charge is 2.14. The maximum absolute atomic E-state index is 12.1. The second-order valence-electron chi connectivity index (χ2n) is 5.81. The highest BCUT2D eigenvalue weighted by molar-refractivity contribution is 7.99. The molecule has 0 saturated heterocycles. The number of anilines is 2. The number of nitrogens with one attached hydrogen (secondary N) is 2. The molecule has 1 aromatic heterocycles. The molecule has 9 heteroatoms. The molecule has 136 valence electrons. The van der Waals surface area contributed by atoms with Crippen molar-refractivity contribution in [3.8, 4) is 11.5 Å². The fraction of sp³-hybridized carbons (Fsp3) is 0.294. The summed E-state index contributed by atoms with van der Waals surface area (Å²) in [5.41, 5.74) is 0.637. The number of thioether (sulfide) groups is 1. The first-order valence-electron chi connectivity index (χ1n) is 7.98. The maximum Gasteiger partial charge on any atom is 0.234 e. The van der Waals surface area contributed by atoms with Gasteiger partial charge in [0.1, 0.15) is 5.03 Å². The highest BCUT2D eigenvalue weighted by Crippen LogP contribution is 2.34. The molecule has 0 bridgehead atoms. The Hall–Kier alpha value is -2.81. The molecule has 3 rings (SSSR count). The molecule has 1 aliphatic rings. The fourth-order valence-corrected chi connectivity index (χ4v) is 2.66. The van der Waals surface area contributed by atoms with E-state index in [1.807, 2.05) is 0 Å². The summed E-state index contributed by atoms with van der Waals surface area (Å²) in [6, 6.07) is 8.59. The number of amides is 2. The number of carbonyl (C=O) groups excluding carboxylic acids is 2. The number of ether oxygens (including phenoxy) is 2. The number of fused-ring (bicyclic) bond motifs is 1. The Morgan fingerprint density at radius 2 is 1.92 bits per heavy atom. The topological polar surface area (TPSA) is 102 Å². The average molecular weight is 374 g/mol. The van der Waals surface area contributed by atoms with Crippen LogP contribution in [-0.2, 0) is 9.59 Å². The molecule has 26 heavy (non-hydrogen) atoms. The molecule has 2 aromatic rings. The van der Waals surface area contributed by atoms with E-state index in [2.05, 4.69) is 20.8 Å². The van der Waals surface area contributed by atoms with E-state index in [0.29, 0.717) is 28.0 Å². The number of nitrogens with zero attached hydrogens (tertiary/aromatic N) is 2. The predicted octanol–water partition coefficient (Wildman–Crippen LogP) is 2.53. The Balaban J connectivity index is 1.49. The van der Waals surface area contributed by atoms with Crippen molar-refractivity contribution >= 4 is 35.1 Å². The number of aromatic nitrogens is 2. The van der Waals surface area contributed by atoms with Gasteiger partial charge in [0.25, 0.3) is 0 Å². The van der Waals surface area contributed by atoms with Crippen LogP contribution in [0.1, 0.15) is 13.8 Å². The summed E-state index contributed by atoms with van der Waals surface area (Å²) in [4.78, 5) is 23.7. The molecule has 0 spiro atoms. The summed E-state index contributed by atoms with van der Waals surface area (Å²) in [5, 5.41) is 14.0. The lowest BCUT2D eigenvalue weighted by Gasteiger charge is -2.07. The van der Waals surface area contributed by atoms with Gasteiger partial charge in [0.15, 0.2) is 17.3 Å². The van der Waals surface area contributed by atoms with Gasteiger partial charge in [0, 0.05) is 17.7 Å². The van der Waals surface area contributed by atoms with E-state index in [1.54, 1.807) is 44.2 Å². The third-order valence-corrected chi connectivity index (χ3v) is 4.34. The summed E-state index contributed by atoms with van der Waals surface area (Å²) < 4.78 is 10.5. The minimum atomic E-state index is -0.173. The zero-order chi connectivity index (χ0) is 18.5. The number of carbonyl (C=O) groups is 2. The first-order valence-corrected chi connectivity index (χ1v) is 8.97. The van der Waals surface area contributed by atoms with Crippen LogP contribution in [0.5, 0.6) is 11.5 Å². The van der Waals surface area contributed by atoms with E-state index in [-0.39, 0.29) is 30.3 Å². The molecule has 1 aromatic carbocycles. The molecule has 2 amide bonds. The number of benzene rings is 1. The second kappa shape index (κ2) is 8.05. The molecule has 0 radical (unpaired) electrons. The molecule has 0 atom stereocenters. The van der Waals surface area contributed by atoms with E-state index in [4.69, 9.17) is 9.47 Å². The molecule has 0 aliphatic carbocycles. The van der Waals surface area contributed by atoms with Crippen LogP contribution in [0.15, 0.2) is 35.4 Å². The number of hydrogen-bond acceptors (Lipinski definition) is 7. The molecular formula is C17H18N4O4S. The molecular weight excluding hydrogens is 356 g/mol. The Morgan fingerprint density at radius 3 is 2.65 bits per heavy atom. The van der Waals surface area contributed by atoms with Crippen LogP contribution >= 0.6 is 11.8 Å². The zero-order valence-electron chi connectivity index (χ0n) is 14.3. The Labute approximate surface area is 154 Å². The summed E-state index contributed by atoms with van der Waals surface area (Å²) in [5.74, 6) is 1.41. The predicted molar refractivity (Wildman–Crippen MR) is 97.4 cm³/mol. The maximum atomic E-state index is 12.1. The van der Waals surface area contributed by atoms with Crippen LogP contribution in [0.3, 0.4) is 0 Å². The quantitative estimate of drug-likeness (QED) is 0.749. The minimum absolute atomic E-state index is 0.122. The van der Waals surface area contributed by atoms with Crippen molar-refractivity contribution in [3.63, 3.8) is 0 Å². The van der Waals surface area contributed by atoms with Crippen LogP contribution < -0.4 is 20.1 Å². The lowest BCUT2D eigenvalue weighted by atomic mass is 10.2. The van der Waals surface area contributed by atoms with Crippen molar-refractivity contribution < 1.29 is 19.1 Å². The summed E-state index contributed by atoms with van der Waals surface area (Å²) in [7, 11) is 0. The Morgan fingerprint density at radius 1 is 1.12 bits per heavy atom. The normalized spacial score (nSPS) is 12.1. The van der Waals surface area contributed by atoms with Gasteiger partial charge in [-0.3, -0.25) is 9.59 Å². The Bertz CT molecular complexity index is 811. The van der Waals surface area contributed by atoms with Crippen molar-refractivity contribution in [2.45, 2.75) is 18.9 Å². The average Bonchev–Trinajstić information content (AvgIpc) is 3.09. The first kappa shape index (κ1) is 18.0. The molecule has 2 heterocycles. The molecule has 0 fully saturated rings. The van der Waals surface area contributed by atoms with Gasteiger partial charge < -0.3 is 20.1 Å². The van der Waals surface area contributed by atoms with E-state index >= 15 is 0 Å². The van der Waals surface area contributed by atoms with Gasteiger partial charge in [-0.1, -0.05) is 25.6 Å². The second-order valence-corrected chi connectivity index (χ2v) is 6.80. The van der Waals surface area contributed by atoms with Gasteiger partial charge in [0.05, 0.1) is 5.75 Å². The standard InChI is InChI=1S/C17H18N4O4S/c1-10(2)17(23)19-14-5-6-16(21-20-14)26-8-15(22)18-11-3-4-12-13(7-11)25-9-24-12/h3-7,10H,8-9H2,1-2H3,(H,18,22)(H,19,20,23). The van der Waals surface area contributed by atoms with Crippen molar-refractivity contribution in [1.82, 2.24) is 10.2 Å². The van der Waals surface area contributed by atoms with Gasteiger partial charge in [-0.25, -0.2) is 0 Å². The largest absolute Gasteiger partial charge is 0.454 e. The van der Waals surface area contributed by atoms with E-state index < -0.39 is 0 Å². The fourth-order valence-electron chi connectivity index (χ4n) is 2.05. The molecule has 1 aliphatic heterocycles. The first-order chi connectivity index (χ1) is 12.5. The Kier molecular flexibility index (Phi) is 5.57. The van der Waals surface area contributed by atoms with Crippen LogP contribution in [0, 0.1) is 5.92 Å². The molecule has 0 saturated carbocycles. The van der Waals surface area contributed by atoms with Crippen molar-refractivity contribution in [2.75, 3.05) is 23.2 Å². The summed E-state index contributed by atoms with van der Waals surface area (Å²) >= 11 is 1.25. The van der Waals surface area contributed by atoms with Crippen LogP contribution in [0.25, 0.3) is 0 Å². The lowest BCUT2D eigenvalue weighted by molar-refractivity contribution is -0.119. The van der Waals surface area contributed by atoms with Gasteiger partial charge in [0.2, 0.25) is 18.6 Å². The highest BCUT2D eigenvalue weighted by atomic mass is 32.2. The summed E-state index contributed by atoms with van der Waals surface area (Å²) in [6.07, 6.45) is 0. The monoisotopic (exact) mass is 374 g/mol. The van der Waals surface area contributed by atoms with Crippen molar-refractivity contribution in [3.05, 3.63) is 30.3 Å². The minimum Gasteiger partial charge on any atom is -0.454 e. The van der Waals surface area contributed by atoms with Crippen LogP contribution in [0.4, 0.5) is 11.5 Å². The molecule has 0 unspecified atom stereocenters. The summed E-state index contributed by atoms with van der Waals surface area (Å²) in [6.45, 7) is 3.78. The van der Waals surface area contributed by atoms with Gasteiger partial charge in [-0.15, -0.1) is 10.2 Å². The third-order valence-electron chi connectivity index (χ3n) is 3.42. The SMILES string of the molecule is CC(C)C(=O)Nc1ccc(SCC(=O)Nc2ccc3c(c2)OCO3)nn1. The van der Waals surface area contributed by atoms with Gasteiger partial charge in [-0.2, -0.15) is 0 Å². The van der Waals surface area contributed by atoms with Gasteiger partial charge >= 0.3 is 0 Å². The molecule has 8 nitrogen and oxygen atoms in total.